The predicted molar refractivity (Wildman–Crippen MR) is 87.4 cm³/mol. The van der Waals surface area contributed by atoms with Crippen molar-refractivity contribution in [3.8, 4) is 0 Å². The van der Waals surface area contributed by atoms with E-state index in [1.54, 1.807) is 0 Å². The van der Waals surface area contributed by atoms with Gasteiger partial charge in [-0.1, -0.05) is 52.4 Å². The fraction of sp³-hybridized carbons (Fsp3) is 0.882. The third-order valence-electron chi connectivity index (χ3n) is 4.37. The maximum atomic E-state index is 5.94. The second kappa shape index (κ2) is 28.4. The van der Waals surface area contributed by atoms with Crippen molar-refractivity contribution in [2.24, 2.45) is 5.73 Å². The number of hydrogen-bond acceptors (Lipinski definition) is 4. The average molecular weight is 495 g/mol. The van der Waals surface area contributed by atoms with E-state index in [1.807, 2.05) is 13.8 Å². The molecule has 0 atom stereocenters. The van der Waals surface area contributed by atoms with Crippen LogP contribution in [-0.4, -0.2) is 17.2 Å². The van der Waals surface area contributed by atoms with E-state index in [4.69, 9.17) is 4.42 Å². The number of rotatable bonds is 2. The summed E-state index contributed by atoms with van der Waals surface area (Å²) < 4.78 is 5.94. The Morgan fingerprint density at radius 1 is 0.615 bits per heavy atom. The molecule has 3 rings (SSSR count). The van der Waals surface area contributed by atoms with Gasteiger partial charge in [0.25, 0.3) is 0 Å². The third-order valence-corrected chi connectivity index (χ3v) is 4.37. The Balaban J connectivity index is -0.000000154. The van der Waals surface area contributed by atoms with E-state index >= 15 is 0 Å². The predicted octanol–water partition coefficient (Wildman–Crippen LogP) is 4.77. The largest absolute Gasteiger partial charge is 0.425 e. The fourth-order valence-electron chi connectivity index (χ4n) is 3.28. The normalized spacial score (nSPS) is 16.2. The molecule has 0 aromatic carbocycles. The quantitative estimate of drug-likeness (QED) is 0.643. The molecular weight excluding hydrogens is 462 g/mol. The molecule has 1 aromatic heterocycles. The molecule has 0 bridgehead atoms. The first-order valence-electron chi connectivity index (χ1n) is 8.84. The summed E-state index contributed by atoms with van der Waals surface area (Å²) in [6.45, 7) is 4.00. The fourth-order valence-corrected chi connectivity index (χ4v) is 3.28. The van der Waals surface area contributed by atoms with Gasteiger partial charge in [0.2, 0.25) is 11.8 Å². The van der Waals surface area contributed by atoms with E-state index in [0.717, 1.165) is 11.8 Å². The molecule has 162 valence electrons. The van der Waals surface area contributed by atoms with E-state index in [9.17, 15) is 0 Å². The zero-order valence-electron chi connectivity index (χ0n) is 15.9. The van der Waals surface area contributed by atoms with Gasteiger partial charge in [-0.05, 0) is 32.7 Å². The summed E-state index contributed by atoms with van der Waals surface area (Å²) in [7, 11) is 1.50. The van der Waals surface area contributed by atoms with Crippen LogP contribution in [0.4, 0.5) is 0 Å². The molecule has 0 spiro atoms. The second-order valence-corrected chi connectivity index (χ2v) is 5.65. The molecular formula is C17H33Ar5N3O. The Kier molecular flexibility index (Phi) is 45.5. The van der Waals surface area contributed by atoms with Crippen molar-refractivity contribution < 1.29 is 193 Å². The monoisotopic (exact) mass is 495 g/mol. The van der Waals surface area contributed by atoms with Crippen molar-refractivity contribution in [1.29, 1.82) is 0 Å². The van der Waals surface area contributed by atoms with Gasteiger partial charge in [-0.3, -0.25) is 0 Å². The van der Waals surface area contributed by atoms with Crippen molar-refractivity contribution in [2.45, 2.75) is 89.9 Å². The van der Waals surface area contributed by atoms with E-state index in [2.05, 4.69) is 15.9 Å². The van der Waals surface area contributed by atoms with Crippen LogP contribution < -0.4 is 5.73 Å². The van der Waals surface area contributed by atoms with Gasteiger partial charge in [0.15, 0.2) is 0 Å². The van der Waals surface area contributed by atoms with E-state index in [0.29, 0.717) is 11.8 Å². The number of nitrogens with two attached hydrogens (primary N) is 1. The van der Waals surface area contributed by atoms with Gasteiger partial charge in [-0.15, -0.1) is 10.2 Å². The molecule has 0 amide bonds. The van der Waals surface area contributed by atoms with E-state index in [-0.39, 0.29) is 189 Å². The molecule has 0 saturated heterocycles. The molecule has 2 aliphatic carbocycles. The molecule has 1 heterocycles. The van der Waals surface area contributed by atoms with Crippen LogP contribution in [-0.2, 0) is 0 Å². The van der Waals surface area contributed by atoms with E-state index < -0.39 is 0 Å². The summed E-state index contributed by atoms with van der Waals surface area (Å²) in [6.07, 6.45) is 13.0. The van der Waals surface area contributed by atoms with Crippen molar-refractivity contribution in [1.82, 2.24) is 10.2 Å². The van der Waals surface area contributed by atoms with Crippen LogP contribution in [0.5, 0.6) is 0 Å². The van der Waals surface area contributed by atoms with E-state index in [1.165, 1.54) is 71.3 Å². The van der Waals surface area contributed by atoms with Gasteiger partial charge in [0.1, 0.15) is 0 Å². The Morgan fingerprint density at radius 3 is 1.15 bits per heavy atom. The number of nitrogens with zero attached hydrogens (tertiary/aromatic N) is 2. The van der Waals surface area contributed by atoms with Crippen LogP contribution >= 0.6 is 0 Å². The molecule has 0 aliphatic heterocycles. The molecule has 0 unspecified atom stereocenters. The van der Waals surface area contributed by atoms with Gasteiger partial charge in [-0.25, -0.2) is 0 Å². The maximum absolute atomic E-state index is 5.94. The van der Waals surface area contributed by atoms with Crippen molar-refractivity contribution in [3.05, 3.63) is 11.8 Å². The van der Waals surface area contributed by atoms with Crippen LogP contribution in [0.25, 0.3) is 0 Å². The summed E-state index contributed by atoms with van der Waals surface area (Å²) in [5, 5.41) is 8.60. The van der Waals surface area contributed by atoms with Crippen LogP contribution in [0.2, 0.25) is 0 Å². The first kappa shape index (κ1) is 41.6. The Bertz CT molecular complexity index is 339. The Morgan fingerprint density at radius 2 is 0.885 bits per heavy atom. The minimum absolute atomic E-state index is 0. The van der Waals surface area contributed by atoms with Crippen LogP contribution in [0, 0.1) is 189 Å². The van der Waals surface area contributed by atoms with Crippen molar-refractivity contribution in [2.75, 3.05) is 7.05 Å². The summed E-state index contributed by atoms with van der Waals surface area (Å²) in [4.78, 5) is 0. The van der Waals surface area contributed by atoms with Crippen molar-refractivity contribution >= 4 is 0 Å². The molecule has 2 N–H and O–H groups in total. The zero-order valence-corrected chi connectivity index (χ0v) is 19.4. The molecule has 1 aromatic rings. The summed E-state index contributed by atoms with van der Waals surface area (Å²) in [6, 6.07) is 0. The minimum atomic E-state index is 0. The standard InChI is InChI=1S/C14H22N2O.C2H6.CH5N.5Ar/c1-3-7-11(8-4-1)13-15-16-14(17-13)12-9-5-2-6-10-12;2*1-2;;;;;/h11-12H,1-10H2;1-2H3;2H2,1H3;;;;;. The molecule has 2 fully saturated rings. The van der Waals surface area contributed by atoms with Crippen LogP contribution in [0.15, 0.2) is 4.42 Å². The molecule has 4 nitrogen and oxygen atoms in total. The average Bonchev–Trinajstić information content (AvgIpc) is 3.10. The summed E-state index contributed by atoms with van der Waals surface area (Å²) in [5.74, 6) is 2.94. The molecule has 2 aliphatic rings. The minimum Gasteiger partial charge on any atom is -0.425 e. The van der Waals surface area contributed by atoms with Crippen LogP contribution in [0.3, 0.4) is 0 Å². The molecule has 26 heavy (non-hydrogen) atoms. The molecule has 2 saturated carbocycles. The Hall–Kier alpha value is 5.40. The molecule has 0 radical (unpaired) electrons. The topological polar surface area (TPSA) is 64.9 Å². The zero-order chi connectivity index (χ0) is 15.5. The van der Waals surface area contributed by atoms with Gasteiger partial charge >= 0.3 is 0 Å². The summed E-state index contributed by atoms with van der Waals surface area (Å²) >= 11 is 0. The number of aromatic nitrogens is 2. The second-order valence-electron chi connectivity index (χ2n) is 5.65. The maximum Gasteiger partial charge on any atom is 0.219 e. The van der Waals surface area contributed by atoms with Crippen LogP contribution in [0.1, 0.15) is 102 Å². The van der Waals surface area contributed by atoms with Gasteiger partial charge in [-0.2, -0.15) is 0 Å². The Labute approximate surface area is 310 Å². The summed E-state index contributed by atoms with van der Waals surface area (Å²) in [5.41, 5.74) is 4.50. The van der Waals surface area contributed by atoms with Gasteiger partial charge in [0, 0.05) is 201 Å². The molecule has 9 heteroatoms. The third kappa shape index (κ3) is 16.1. The van der Waals surface area contributed by atoms with Gasteiger partial charge in [0.05, 0.1) is 0 Å². The first-order valence-corrected chi connectivity index (χ1v) is 8.84. The van der Waals surface area contributed by atoms with Crippen molar-refractivity contribution in [3.63, 3.8) is 0 Å². The smallest absolute Gasteiger partial charge is 0.219 e. The number of hydrogen-bond donors (Lipinski definition) is 1. The SMILES string of the molecule is C1CCC(c2nnc(C3CCCCC3)o2)CC1.CC.CN.[Ar].[Ar].[Ar].[Ar].[Ar]. The van der Waals surface area contributed by atoms with Gasteiger partial charge < -0.3 is 10.2 Å². The first-order chi connectivity index (χ1) is 10.4.